The van der Waals surface area contributed by atoms with Crippen molar-refractivity contribution >= 4 is 5.91 Å². The van der Waals surface area contributed by atoms with Crippen LogP contribution in [0.15, 0.2) is 0 Å². The predicted octanol–water partition coefficient (Wildman–Crippen LogP) is 1.66. The molecule has 20 heavy (non-hydrogen) atoms. The SMILES string of the molecule is CCCC1NC(C(C)C)C(=O)N1C1CN2CCC1CC2. The Hall–Kier alpha value is -0.610. The Morgan fingerprint density at radius 1 is 1.30 bits per heavy atom. The number of piperidine rings is 3. The number of amides is 1. The van der Waals surface area contributed by atoms with Crippen molar-refractivity contribution in [1.29, 1.82) is 0 Å². The Labute approximate surface area is 122 Å². The summed E-state index contributed by atoms with van der Waals surface area (Å²) in [7, 11) is 0. The van der Waals surface area contributed by atoms with Gasteiger partial charge in [0.05, 0.1) is 12.2 Å². The van der Waals surface area contributed by atoms with E-state index in [1.807, 2.05) is 0 Å². The van der Waals surface area contributed by atoms with E-state index >= 15 is 0 Å². The molecule has 0 aromatic rings. The molecule has 114 valence electrons. The predicted molar refractivity (Wildman–Crippen MR) is 80.3 cm³/mol. The second-order valence-electron chi connectivity index (χ2n) is 7.14. The third-order valence-corrected chi connectivity index (χ3v) is 5.44. The van der Waals surface area contributed by atoms with Gasteiger partial charge in [0.1, 0.15) is 0 Å². The van der Waals surface area contributed by atoms with Gasteiger partial charge in [0.2, 0.25) is 5.91 Å². The number of nitrogens with zero attached hydrogens (tertiary/aromatic N) is 2. The lowest BCUT2D eigenvalue weighted by Gasteiger charge is -2.49. The maximum Gasteiger partial charge on any atom is 0.241 e. The van der Waals surface area contributed by atoms with Crippen LogP contribution in [-0.4, -0.2) is 53.6 Å². The Bertz CT molecular complexity index is 363. The number of rotatable bonds is 4. The summed E-state index contributed by atoms with van der Waals surface area (Å²) >= 11 is 0. The monoisotopic (exact) mass is 279 g/mol. The second kappa shape index (κ2) is 5.64. The van der Waals surface area contributed by atoms with Gasteiger partial charge < -0.3 is 9.80 Å². The van der Waals surface area contributed by atoms with E-state index in [9.17, 15) is 4.79 Å². The molecule has 4 rings (SSSR count). The summed E-state index contributed by atoms with van der Waals surface area (Å²) in [5.74, 6) is 1.47. The van der Waals surface area contributed by atoms with Gasteiger partial charge in [-0.1, -0.05) is 27.2 Å². The maximum absolute atomic E-state index is 12.9. The van der Waals surface area contributed by atoms with Crippen LogP contribution in [0, 0.1) is 11.8 Å². The quantitative estimate of drug-likeness (QED) is 0.850. The molecule has 4 heteroatoms. The van der Waals surface area contributed by atoms with Crippen LogP contribution in [0.3, 0.4) is 0 Å². The van der Waals surface area contributed by atoms with Crippen molar-refractivity contribution in [3.8, 4) is 0 Å². The van der Waals surface area contributed by atoms with E-state index in [4.69, 9.17) is 0 Å². The molecule has 0 aromatic carbocycles. The van der Waals surface area contributed by atoms with Crippen LogP contribution < -0.4 is 5.32 Å². The topological polar surface area (TPSA) is 35.6 Å². The van der Waals surface area contributed by atoms with Crippen molar-refractivity contribution in [1.82, 2.24) is 15.1 Å². The Balaban J connectivity index is 1.79. The largest absolute Gasteiger partial charge is 0.321 e. The first-order valence-electron chi connectivity index (χ1n) is 8.42. The summed E-state index contributed by atoms with van der Waals surface area (Å²) in [6.07, 6.45) is 5.04. The van der Waals surface area contributed by atoms with Gasteiger partial charge in [-0.15, -0.1) is 0 Å². The summed E-state index contributed by atoms with van der Waals surface area (Å²) in [4.78, 5) is 17.6. The molecule has 4 saturated heterocycles. The Kier molecular flexibility index (Phi) is 4.04. The lowest BCUT2D eigenvalue weighted by molar-refractivity contribution is -0.137. The van der Waals surface area contributed by atoms with Gasteiger partial charge >= 0.3 is 0 Å². The fraction of sp³-hybridized carbons (Fsp3) is 0.938. The number of hydrogen-bond donors (Lipinski definition) is 1. The van der Waals surface area contributed by atoms with Crippen LogP contribution in [0.5, 0.6) is 0 Å². The standard InChI is InChI=1S/C16H29N3O/c1-4-5-14-17-15(11(2)3)16(20)19(14)13-10-18-8-6-12(13)7-9-18/h11-15,17H,4-10H2,1-3H3. The maximum atomic E-state index is 12.9. The summed E-state index contributed by atoms with van der Waals surface area (Å²) in [5, 5.41) is 3.61. The van der Waals surface area contributed by atoms with Crippen molar-refractivity contribution in [2.24, 2.45) is 11.8 Å². The van der Waals surface area contributed by atoms with Gasteiger partial charge in [-0.2, -0.15) is 0 Å². The van der Waals surface area contributed by atoms with Gasteiger partial charge in [0.25, 0.3) is 0 Å². The number of fused-ring (bicyclic) bond motifs is 3. The fourth-order valence-corrected chi connectivity index (χ4v) is 4.29. The highest BCUT2D eigenvalue weighted by molar-refractivity contribution is 5.85. The molecule has 0 aromatic heterocycles. The van der Waals surface area contributed by atoms with Gasteiger partial charge in [-0.25, -0.2) is 0 Å². The summed E-state index contributed by atoms with van der Waals surface area (Å²) in [6, 6.07) is 0.486. The van der Waals surface area contributed by atoms with Crippen LogP contribution in [-0.2, 0) is 4.79 Å². The molecule has 0 saturated carbocycles. The molecule has 0 aliphatic carbocycles. The molecule has 4 fully saturated rings. The molecular formula is C16H29N3O. The normalized spacial score (nSPS) is 40.9. The average Bonchev–Trinajstić information content (AvgIpc) is 2.77. The molecule has 4 aliphatic rings. The van der Waals surface area contributed by atoms with E-state index in [1.54, 1.807) is 0 Å². The van der Waals surface area contributed by atoms with E-state index in [-0.39, 0.29) is 12.2 Å². The molecule has 0 radical (unpaired) electrons. The van der Waals surface area contributed by atoms with Crippen LogP contribution in [0.1, 0.15) is 46.5 Å². The molecule has 1 amide bonds. The van der Waals surface area contributed by atoms with E-state index in [1.165, 1.54) is 25.9 Å². The zero-order valence-corrected chi connectivity index (χ0v) is 13.1. The molecule has 4 nitrogen and oxygen atoms in total. The van der Waals surface area contributed by atoms with Crippen molar-refractivity contribution in [3.05, 3.63) is 0 Å². The second-order valence-corrected chi connectivity index (χ2v) is 7.14. The lowest BCUT2D eigenvalue weighted by atomic mass is 9.82. The number of carbonyl (C=O) groups is 1. The van der Waals surface area contributed by atoms with Crippen molar-refractivity contribution < 1.29 is 4.79 Å². The molecule has 4 heterocycles. The molecule has 1 N–H and O–H groups in total. The van der Waals surface area contributed by atoms with E-state index in [0.717, 1.165) is 25.3 Å². The van der Waals surface area contributed by atoms with Crippen molar-refractivity contribution in [2.45, 2.75) is 64.7 Å². The highest BCUT2D eigenvalue weighted by Gasteiger charge is 2.47. The molecular weight excluding hydrogens is 250 g/mol. The first-order chi connectivity index (χ1) is 9.61. The van der Waals surface area contributed by atoms with Gasteiger partial charge in [-0.05, 0) is 44.2 Å². The number of nitrogens with one attached hydrogen (secondary N) is 1. The van der Waals surface area contributed by atoms with Gasteiger partial charge in [0, 0.05) is 12.6 Å². The van der Waals surface area contributed by atoms with Crippen LogP contribution in [0.25, 0.3) is 0 Å². The van der Waals surface area contributed by atoms with Gasteiger partial charge in [0.15, 0.2) is 0 Å². The summed E-state index contributed by atoms with van der Waals surface area (Å²) in [5.41, 5.74) is 0. The lowest BCUT2D eigenvalue weighted by Crippen LogP contribution is -2.60. The van der Waals surface area contributed by atoms with Crippen LogP contribution in [0.2, 0.25) is 0 Å². The van der Waals surface area contributed by atoms with Crippen LogP contribution in [0.4, 0.5) is 0 Å². The van der Waals surface area contributed by atoms with Crippen LogP contribution >= 0.6 is 0 Å². The van der Waals surface area contributed by atoms with E-state index in [2.05, 4.69) is 35.9 Å². The molecule has 3 unspecified atom stereocenters. The minimum Gasteiger partial charge on any atom is -0.321 e. The minimum atomic E-state index is 0.0296. The zero-order valence-electron chi connectivity index (χ0n) is 13.1. The molecule has 3 atom stereocenters. The molecule has 4 aliphatic heterocycles. The summed E-state index contributed by atoms with van der Waals surface area (Å²) < 4.78 is 0. The third-order valence-electron chi connectivity index (χ3n) is 5.44. The van der Waals surface area contributed by atoms with E-state index in [0.29, 0.717) is 17.9 Å². The third kappa shape index (κ3) is 2.37. The first-order valence-corrected chi connectivity index (χ1v) is 8.42. The summed E-state index contributed by atoms with van der Waals surface area (Å²) in [6.45, 7) is 10.1. The van der Waals surface area contributed by atoms with Gasteiger partial charge in [-0.3, -0.25) is 10.1 Å². The van der Waals surface area contributed by atoms with E-state index < -0.39 is 0 Å². The first kappa shape index (κ1) is 14.3. The fourth-order valence-electron chi connectivity index (χ4n) is 4.29. The number of carbonyl (C=O) groups excluding carboxylic acids is 1. The smallest absolute Gasteiger partial charge is 0.241 e. The Morgan fingerprint density at radius 3 is 2.50 bits per heavy atom. The highest BCUT2D eigenvalue weighted by atomic mass is 16.2. The zero-order chi connectivity index (χ0) is 14.3. The number of hydrogen-bond acceptors (Lipinski definition) is 3. The molecule has 2 bridgehead atoms. The minimum absolute atomic E-state index is 0.0296. The Morgan fingerprint density at radius 2 is 2.00 bits per heavy atom. The van der Waals surface area contributed by atoms with Crippen molar-refractivity contribution in [3.63, 3.8) is 0 Å². The average molecular weight is 279 g/mol. The van der Waals surface area contributed by atoms with Crippen molar-refractivity contribution in [2.75, 3.05) is 19.6 Å². The highest BCUT2D eigenvalue weighted by Crippen LogP contribution is 2.34. The molecule has 0 spiro atoms.